The Labute approximate surface area is 99.0 Å². The number of benzene rings is 1. The molecule has 2 rings (SSSR count). The Bertz CT molecular complexity index is 492. The van der Waals surface area contributed by atoms with E-state index in [2.05, 4.69) is 15.5 Å². The molecule has 1 aromatic heterocycles. The fourth-order valence-corrected chi connectivity index (χ4v) is 1.51. The molecule has 0 aliphatic rings. The first-order chi connectivity index (χ1) is 8.25. The zero-order valence-electron chi connectivity index (χ0n) is 9.31. The molecule has 5 heteroatoms. The molecule has 17 heavy (non-hydrogen) atoms. The van der Waals surface area contributed by atoms with E-state index in [1.165, 1.54) is 11.6 Å². The van der Waals surface area contributed by atoms with E-state index in [0.29, 0.717) is 18.1 Å². The van der Waals surface area contributed by atoms with Crippen LogP contribution in [0.3, 0.4) is 0 Å². The van der Waals surface area contributed by atoms with Crippen LogP contribution in [0.25, 0.3) is 0 Å². The zero-order chi connectivity index (χ0) is 12.1. The molecule has 0 saturated heterocycles. The monoisotopic (exact) mass is 230 g/mol. The van der Waals surface area contributed by atoms with Crippen LogP contribution in [0.4, 0.5) is 5.82 Å². The van der Waals surface area contributed by atoms with Gasteiger partial charge in [-0.15, -0.1) is 0 Å². The summed E-state index contributed by atoms with van der Waals surface area (Å²) in [5, 5.41) is 9.06. The number of amides is 1. The molecule has 0 saturated carbocycles. The van der Waals surface area contributed by atoms with Crippen molar-refractivity contribution < 1.29 is 4.79 Å². The van der Waals surface area contributed by atoms with Crippen molar-refractivity contribution in [2.75, 3.05) is 12.3 Å². The van der Waals surface area contributed by atoms with E-state index in [1.807, 2.05) is 30.3 Å². The van der Waals surface area contributed by atoms with Crippen LogP contribution in [0.1, 0.15) is 16.1 Å². The smallest absolute Gasteiger partial charge is 0.269 e. The second-order valence-corrected chi connectivity index (χ2v) is 3.70. The number of nitrogens with two attached hydrogens (primary N) is 1. The van der Waals surface area contributed by atoms with Crippen molar-refractivity contribution in [3.8, 4) is 0 Å². The minimum absolute atomic E-state index is 0.190. The average molecular weight is 230 g/mol. The topological polar surface area (TPSA) is 83.8 Å². The van der Waals surface area contributed by atoms with Crippen molar-refractivity contribution in [2.45, 2.75) is 6.42 Å². The molecule has 0 aliphatic carbocycles. The van der Waals surface area contributed by atoms with E-state index in [0.717, 1.165) is 6.42 Å². The number of nitrogens with one attached hydrogen (secondary N) is 2. The number of nitrogen functional groups attached to an aromatic ring is 1. The predicted octanol–water partition coefficient (Wildman–Crippen LogP) is 0.964. The van der Waals surface area contributed by atoms with Crippen LogP contribution in [-0.2, 0) is 6.42 Å². The van der Waals surface area contributed by atoms with Gasteiger partial charge < -0.3 is 11.1 Å². The molecule has 88 valence electrons. The summed E-state index contributed by atoms with van der Waals surface area (Å²) in [6, 6.07) is 11.5. The lowest BCUT2D eigenvalue weighted by atomic mass is 10.1. The molecule has 0 radical (unpaired) electrons. The molecule has 0 atom stereocenters. The maximum Gasteiger partial charge on any atom is 0.269 e. The van der Waals surface area contributed by atoms with Crippen molar-refractivity contribution >= 4 is 11.7 Å². The lowest BCUT2D eigenvalue weighted by Crippen LogP contribution is -2.26. The predicted molar refractivity (Wildman–Crippen MR) is 65.5 cm³/mol. The summed E-state index contributed by atoms with van der Waals surface area (Å²) in [7, 11) is 0. The Hall–Kier alpha value is -2.30. The number of hydrogen-bond donors (Lipinski definition) is 3. The first kappa shape index (κ1) is 11.2. The summed E-state index contributed by atoms with van der Waals surface area (Å²) in [4.78, 5) is 11.6. The second kappa shape index (κ2) is 5.16. The van der Waals surface area contributed by atoms with Crippen LogP contribution in [0.5, 0.6) is 0 Å². The number of carbonyl (C=O) groups is 1. The van der Waals surface area contributed by atoms with E-state index in [1.54, 1.807) is 0 Å². The van der Waals surface area contributed by atoms with Crippen molar-refractivity contribution in [1.82, 2.24) is 15.5 Å². The van der Waals surface area contributed by atoms with Gasteiger partial charge in [0.15, 0.2) is 0 Å². The summed E-state index contributed by atoms with van der Waals surface area (Å²) in [5.41, 5.74) is 6.99. The highest BCUT2D eigenvalue weighted by Gasteiger charge is 2.07. The third-order valence-corrected chi connectivity index (χ3v) is 2.38. The number of anilines is 1. The maximum atomic E-state index is 11.6. The number of aromatic amines is 1. The first-order valence-electron chi connectivity index (χ1n) is 5.39. The Morgan fingerprint density at radius 2 is 2.12 bits per heavy atom. The van der Waals surface area contributed by atoms with Gasteiger partial charge in [-0.1, -0.05) is 30.3 Å². The molecule has 1 heterocycles. The summed E-state index contributed by atoms with van der Waals surface area (Å²) in [6.45, 7) is 0.585. The Balaban J connectivity index is 1.81. The van der Waals surface area contributed by atoms with Crippen molar-refractivity contribution in [1.29, 1.82) is 0 Å². The molecule has 1 amide bonds. The molecule has 2 aromatic rings. The van der Waals surface area contributed by atoms with E-state index < -0.39 is 0 Å². The first-order valence-corrected chi connectivity index (χ1v) is 5.39. The highest BCUT2D eigenvalue weighted by atomic mass is 16.1. The number of nitrogens with zero attached hydrogens (tertiary/aromatic N) is 1. The lowest BCUT2D eigenvalue weighted by Gasteiger charge is -2.03. The van der Waals surface area contributed by atoms with Crippen LogP contribution in [0, 0.1) is 0 Å². The van der Waals surface area contributed by atoms with Gasteiger partial charge in [-0.2, -0.15) is 5.10 Å². The molecule has 0 aliphatic heterocycles. The number of aromatic nitrogens is 2. The largest absolute Gasteiger partial charge is 0.382 e. The Morgan fingerprint density at radius 1 is 1.35 bits per heavy atom. The molecule has 0 bridgehead atoms. The van der Waals surface area contributed by atoms with Gasteiger partial charge in [0.05, 0.1) is 0 Å². The average Bonchev–Trinajstić information content (AvgIpc) is 2.77. The van der Waals surface area contributed by atoms with Crippen LogP contribution in [-0.4, -0.2) is 22.6 Å². The van der Waals surface area contributed by atoms with Crippen molar-refractivity contribution in [2.24, 2.45) is 0 Å². The van der Waals surface area contributed by atoms with E-state index in [-0.39, 0.29) is 5.91 Å². The Kier molecular flexibility index (Phi) is 3.40. The fraction of sp³-hybridized carbons (Fsp3) is 0.167. The third-order valence-electron chi connectivity index (χ3n) is 2.38. The number of rotatable bonds is 4. The van der Waals surface area contributed by atoms with Crippen LogP contribution in [0.2, 0.25) is 0 Å². The fourth-order valence-electron chi connectivity index (χ4n) is 1.51. The quantitative estimate of drug-likeness (QED) is 0.731. The number of hydrogen-bond acceptors (Lipinski definition) is 3. The minimum atomic E-state index is -0.190. The van der Waals surface area contributed by atoms with Gasteiger partial charge in [-0.05, 0) is 12.0 Å². The van der Waals surface area contributed by atoms with Gasteiger partial charge in [0.2, 0.25) is 0 Å². The third kappa shape index (κ3) is 3.07. The van der Waals surface area contributed by atoms with Gasteiger partial charge in [-0.25, -0.2) is 0 Å². The van der Waals surface area contributed by atoms with Crippen molar-refractivity contribution in [3.05, 3.63) is 47.7 Å². The summed E-state index contributed by atoms with van der Waals surface area (Å²) in [5.74, 6) is 0.128. The molecule has 1 aromatic carbocycles. The van der Waals surface area contributed by atoms with E-state index in [4.69, 9.17) is 5.73 Å². The summed E-state index contributed by atoms with van der Waals surface area (Å²) < 4.78 is 0. The highest BCUT2D eigenvalue weighted by molar-refractivity contribution is 5.92. The van der Waals surface area contributed by atoms with Crippen LogP contribution < -0.4 is 11.1 Å². The van der Waals surface area contributed by atoms with E-state index >= 15 is 0 Å². The molecule has 0 unspecified atom stereocenters. The summed E-state index contributed by atoms with van der Waals surface area (Å²) >= 11 is 0. The minimum Gasteiger partial charge on any atom is -0.382 e. The standard InChI is InChI=1S/C12H14N4O/c13-11-8-10(15-16-11)12(17)14-7-6-9-4-2-1-3-5-9/h1-5,8H,6-7H2,(H,14,17)(H3,13,15,16). The van der Waals surface area contributed by atoms with Gasteiger partial charge in [0.25, 0.3) is 5.91 Å². The SMILES string of the molecule is Nc1cc(C(=O)NCCc2ccccc2)[nH]n1. The molecular weight excluding hydrogens is 216 g/mol. The molecule has 4 N–H and O–H groups in total. The summed E-state index contributed by atoms with van der Waals surface area (Å²) in [6.07, 6.45) is 0.802. The van der Waals surface area contributed by atoms with Gasteiger partial charge in [0, 0.05) is 12.6 Å². The van der Waals surface area contributed by atoms with E-state index in [9.17, 15) is 4.79 Å². The maximum absolute atomic E-state index is 11.6. The molecular formula is C12H14N4O. The van der Waals surface area contributed by atoms with Crippen LogP contribution >= 0.6 is 0 Å². The lowest BCUT2D eigenvalue weighted by molar-refractivity contribution is 0.0949. The van der Waals surface area contributed by atoms with Crippen LogP contribution in [0.15, 0.2) is 36.4 Å². The normalized spacial score (nSPS) is 10.1. The van der Waals surface area contributed by atoms with Gasteiger partial charge in [0.1, 0.15) is 11.5 Å². The molecule has 0 fully saturated rings. The van der Waals surface area contributed by atoms with Gasteiger partial charge >= 0.3 is 0 Å². The van der Waals surface area contributed by atoms with Crippen molar-refractivity contribution in [3.63, 3.8) is 0 Å². The second-order valence-electron chi connectivity index (χ2n) is 3.70. The number of carbonyl (C=O) groups excluding carboxylic acids is 1. The molecule has 5 nitrogen and oxygen atoms in total. The molecule has 0 spiro atoms. The highest BCUT2D eigenvalue weighted by Crippen LogP contribution is 2.01. The van der Waals surface area contributed by atoms with Gasteiger partial charge in [-0.3, -0.25) is 9.89 Å². The number of H-pyrrole nitrogens is 1. The zero-order valence-corrected chi connectivity index (χ0v) is 9.31. The Morgan fingerprint density at radius 3 is 2.76 bits per heavy atom.